The molecule has 0 radical (unpaired) electrons. The van der Waals surface area contributed by atoms with Crippen molar-refractivity contribution in [2.75, 3.05) is 13.1 Å². The zero-order valence-electron chi connectivity index (χ0n) is 21.4. The summed E-state index contributed by atoms with van der Waals surface area (Å²) in [6.45, 7) is 5.36. The van der Waals surface area contributed by atoms with Gasteiger partial charge in [0.1, 0.15) is 0 Å². The van der Waals surface area contributed by atoms with Crippen LogP contribution in [0, 0.1) is 0 Å². The first-order valence-corrected chi connectivity index (χ1v) is 12.6. The Morgan fingerprint density at radius 1 is 0.838 bits per heavy atom. The van der Waals surface area contributed by atoms with Gasteiger partial charge in [0.15, 0.2) is 0 Å². The predicted molar refractivity (Wildman–Crippen MR) is 143 cm³/mol. The molecule has 2 aromatic carbocycles. The second-order valence-corrected chi connectivity index (χ2v) is 9.48. The van der Waals surface area contributed by atoms with E-state index in [0.717, 1.165) is 28.1 Å². The maximum Gasteiger partial charge on any atom is 0.407 e. The summed E-state index contributed by atoms with van der Waals surface area (Å²) >= 11 is 0. The van der Waals surface area contributed by atoms with Crippen molar-refractivity contribution < 1.29 is 19.8 Å². The molecule has 1 aliphatic rings. The summed E-state index contributed by atoms with van der Waals surface area (Å²) in [5.41, 5.74) is 8.43. The first-order valence-electron chi connectivity index (χ1n) is 12.6. The van der Waals surface area contributed by atoms with E-state index in [2.05, 4.69) is 28.3 Å². The number of rotatable bonds is 7. The topological polar surface area (TPSA) is 90.9 Å². The zero-order chi connectivity index (χ0) is 26.3. The summed E-state index contributed by atoms with van der Waals surface area (Å²) in [5.74, 6) is 0. The Labute approximate surface area is 216 Å². The molecule has 8 nitrogen and oxygen atoms in total. The van der Waals surface area contributed by atoms with Crippen molar-refractivity contribution in [3.63, 3.8) is 0 Å². The summed E-state index contributed by atoms with van der Waals surface area (Å²) < 4.78 is 4.53. The highest BCUT2D eigenvalue weighted by Gasteiger charge is 2.32. The minimum Gasteiger partial charge on any atom is -0.465 e. The van der Waals surface area contributed by atoms with Gasteiger partial charge in [0.2, 0.25) is 0 Å². The van der Waals surface area contributed by atoms with Crippen LogP contribution in [-0.2, 0) is 33.1 Å². The quantitative estimate of drug-likeness (QED) is 0.304. The van der Waals surface area contributed by atoms with Crippen LogP contribution in [0.1, 0.15) is 41.9 Å². The number of carbonyl (C=O) groups is 2. The maximum absolute atomic E-state index is 12.1. The molecule has 0 saturated heterocycles. The highest BCUT2D eigenvalue weighted by Crippen LogP contribution is 2.41. The molecule has 0 bridgehead atoms. The van der Waals surface area contributed by atoms with E-state index in [1.165, 1.54) is 32.0 Å². The van der Waals surface area contributed by atoms with Crippen LogP contribution in [0.5, 0.6) is 0 Å². The first kappa shape index (κ1) is 24.5. The lowest BCUT2D eigenvalue weighted by Gasteiger charge is -2.23. The lowest BCUT2D eigenvalue weighted by atomic mass is 9.98. The van der Waals surface area contributed by atoms with Gasteiger partial charge >= 0.3 is 12.2 Å². The van der Waals surface area contributed by atoms with Crippen LogP contribution in [0.25, 0.3) is 22.2 Å². The number of aromatic nitrogens is 2. The summed E-state index contributed by atoms with van der Waals surface area (Å²) in [5, 5.41) is 21.0. The van der Waals surface area contributed by atoms with Gasteiger partial charge < -0.3 is 29.1 Å². The van der Waals surface area contributed by atoms with E-state index in [1.54, 1.807) is 0 Å². The molecule has 5 rings (SSSR count). The molecule has 2 amide bonds. The van der Waals surface area contributed by atoms with Gasteiger partial charge in [-0.1, -0.05) is 48.5 Å². The molecule has 0 fully saturated rings. The van der Waals surface area contributed by atoms with E-state index in [0.29, 0.717) is 26.1 Å². The predicted octanol–water partition coefficient (Wildman–Crippen LogP) is 5.60. The monoisotopic (exact) mass is 500 g/mol. The minimum atomic E-state index is -0.989. The molecule has 0 saturated carbocycles. The van der Waals surface area contributed by atoms with E-state index in [-0.39, 0.29) is 13.1 Å². The van der Waals surface area contributed by atoms with E-state index >= 15 is 0 Å². The van der Waals surface area contributed by atoms with Gasteiger partial charge in [0, 0.05) is 54.4 Å². The Bertz CT molecular complexity index is 1490. The standard InChI is InChI=1S/C29H32N4O4/c1-4-31(28(34)35)16-22-23(17-32(5-2)29(36)37)27(19-11-7-6-8-12-19)33-18-26-21(15-25(22)33)20-13-9-10-14-24(20)30(26)3/h6-14H,4-5,15-18H2,1-3H3,(H,34,35)(H,36,37). The van der Waals surface area contributed by atoms with E-state index < -0.39 is 12.2 Å². The lowest BCUT2D eigenvalue weighted by Crippen LogP contribution is -2.31. The molecule has 1 aliphatic heterocycles. The van der Waals surface area contributed by atoms with Crippen LogP contribution in [0.2, 0.25) is 0 Å². The summed E-state index contributed by atoms with van der Waals surface area (Å²) in [6.07, 6.45) is -1.32. The average Bonchev–Trinajstić information content (AvgIpc) is 3.35. The third kappa shape index (κ3) is 4.12. The first-order chi connectivity index (χ1) is 17.8. The van der Waals surface area contributed by atoms with Crippen molar-refractivity contribution in [3.8, 4) is 11.3 Å². The SMILES string of the molecule is CCN(Cc1c(CN(CC)C(=O)O)c(-c2ccccc2)n2c1Cc1c(n(C)c3ccccc13)C2)C(=O)O. The van der Waals surface area contributed by atoms with Crippen molar-refractivity contribution in [1.29, 1.82) is 0 Å². The van der Waals surface area contributed by atoms with Gasteiger partial charge in [-0.25, -0.2) is 9.59 Å². The molecule has 4 aromatic rings. The Balaban J connectivity index is 1.78. The highest BCUT2D eigenvalue weighted by molar-refractivity contribution is 5.86. The molecule has 2 aromatic heterocycles. The fourth-order valence-electron chi connectivity index (χ4n) is 5.69. The van der Waals surface area contributed by atoms with Gasteiger partial charge in [0.25, 0.3) is 0 Å². The molecular weight excluding hydrogens is 468 g/mol. The Hall–Kier alpha value is -4.20. The molecule has 37 heavy (non-hydrogen) atoms. The van der Waals surface area contributed by atoms with Crippen molar-refractivity contribution in [2.24, 2.45) is 7.05 Å². The largest absolute Gasteiger partial charge is 0.465 e. The number of hydrogen-bond acceptors (Lipinski definition) is 2. The van der Waals surface area contributed by atoms with Crippen molar-refractivity contribution in [3.05, 3.63) is 82.7 Å². The van der Waals surface area contributed by atoms with Crippen LogP contribution in [0.15, 0.2) is 54.6 Å². The van der Waals surface area contributed by atoms with E-state index in [4.69, 9.17) is 0 Å². The van der Waals surface area contributed by atoms with Crippen molar-refractivity contribution in [2.45, 2.75) is 39.9 Å². The molecule has 0 aliphatic carbocycles. The smallest absolute Gasteiger partial charge is 0.407 e. The van der Waals surface area contributed by atoms with Crippen LogP contribution in [-0.4, -0.2) is 54.4 Å². The van der Waals surface area contributed by atoms with Gasteiger partial charge in [-0.2, -0.15) is 0 Å². The third-order valence-corrected chi connectivity index (χ3v) is 7.64. The van der Waals surface area contributed by atoms with Crippen LogP contribution >= 0.6 is 0 Å². The summed E-state index contributed by atoms with van der Waals surface area (Å²) in [6, 6.07) is 18.4. The van der Waals surface area contributed by atoms with Gasteiger partial charge in [-0.15, -0.1) is 0 Å². The van der Waals surface area contributed by atoms with Gasteiger partial charge in [0.05, 0.1) is 25.3 Å². The minimum absolute atomic E-state index is 0.194. The highest BCUT2D eigenvalue weighted by atomic mass is 16.4. The Kier molecular flexibility index (Phi) is 6.41. The van der Waals surface area contributed by atoms with Crippen molar-refractivity contribution >= 4 is 23.1 Å². The molecule has 0 unspecified atom stereocenters. The Morgan fingerprint density at radius 3 is 2.05 bits per heavy atom. The normalized spacial score (nSPS) is 12.3. The van der Waals surface area contributed by atoms with Crippen molar-refractivity contribution in [1.82, 2.24) is 18.9 Å². The molecule has 192 valence electrons. The number of amides is 2. The summed E-state index contributed by atoms with van der Waals surface area (Å²) in [4.78, 5) is 26.9. The fraction of sp³-hybridized carbons (Fsp3) is 0.310. The second-order valence-electron chi connectivity index (χ2n) is 9.48. The van der Waals surface area contributed by atoms with Gasteiger partial charge in [-0.05, 0) is 36.6 Å². The molecular formula is C29H32N4O4. The number of carboxylic acid groups (broad SMARTS) is 2. The Morgan fingerprint density at radius 2 is 1.43 bits per heavy atom. The number of nitrogens with zero attached hydrogens (tertiary/aromatic N) is 4. The molecule has 8 heteroatoms. The fourth-order valence-corrected chi connectivity index (χ4v) is 5.69. The van der Waals surface area contributed by atoms with Crippen LogP contribution in [0.4, 0.5) is 9.59 Å². The molecule has 2 N–H and O–H groups in total. The van der Waals surface area contributed by atoms with Crippen LogP contribution in [0.3, 0.4) is 0 Å². The van der Waals surface area contributed by atoms with E-state index in [1.807, 2.05) is 56.3 Å². The number of fused-ring (bicyclic) bond motifs is 4. The summed E-state index contributed by atoms with van der Waals surface area (Å²) in [7, 11) is 2.09. The van der Waals surface area contributed by atoms with Crippen LogP contribution < -0.4 is 0 Å². The molecule has 0 spiro atoms. The zero-order valence-corrected chi connectivity index (χ0v) is 21.4. The number of aryl methyl sites for hydroxylation is 1. The second kappa shape index (κ2) is 9.69. The average molecular weight is 501 g/mol. The molecule has 3 heterocycles. The number of benzene rings is 2. The number of hydrogen-bond donors (Lipinski definition) is 2. The number of para-hydroxylation sites is 1. The third-order valence-electron chi connectivity index (χ3n) is 7.64. The van der Waals surface area contributed by atoms with Gasteiger partial charge in [-0.3, -0.25) is 0 Å². The molecule has 0 atom stereocenters. The maximum atomic E-state index is 12.1. The van der Waals surface area contributed by atoms with E-state index in [9.17, 15) is 19.8 Å². The lowest BCUT2D eigenvalue weighted by molar-refractivity contribution is 0.141.